The van der Waals surface area contributed by atoms with Crippen LogP contribution in [-0.4, -0.2) is 15.0 Å². The number of nitrogens with one attached hydrogen (secondary N) is 1. The minimum atomic E-state index is 0.0211. The number of nitrogens with zero attached hydrogens (tertiary/aromatic N) is 3. The van der Waals surface area contributed by atoms with Crippen LogP contribution in [-0.2, 0) is 0 Å². The van der Waals surface area contributed by atoms with Gasteiger partial charge in [-0.1, -0.05) is 29.8 Å². The van der Waals surface area contributed by atoms with Crippen molar-refractivity contribution in [2.45, 2.75) is 17.1 Å². The first-order valence-electron chi connectivity index (χ1n) is 7.36. The molecular formula is C17H16ClN5S. The molecule has 0 aliphatic rings. The second kappa shape index (κ2) is 7.51. The lowest BCUT2D eigenvalue weighted by Gasteiger charge is -2.12. The Morgan fingerprint density at radius 1 is 1.00 bits per heavy atom. The first-order chi connectivity index (χ1) is 11.6. The minimum Gasteiger partial charge on any atom is -0.368 e. The largest absolute Gasteiger partial charge is 0.368 e. The number of aromatic nitrogens is 3. The van der Waals surface area contributed by atoms with E-state index in [4.69, 9.17) is 17.3 Å². The zero-order valence-corrected chi connectivity index (χ0v) is 14.6. The highest BCUT2D eigenvalue weighted by molar-refractivity contribution is 7.99. The summed E-state index contributed by atoms with van der Waals surface area (Å²) in [5.74, 6) is 1.26. The van der Waals surface area contributed by atoms with Crippen LogP contribution in [0.5, 0.6) is 0 Å². The van der Waals surface area contributed by atoms with E-state index in [1.54, 1.807) is 11.8 Å². The van der Waals surface area contributed by atoms with Crippen LogP contribution in [0.4, 0.5) is 17.6 Å². The Labute approximate surface area is 149 Å². The number of anilines is 3. The van der Waals surface area contributed by atoms with Crippen LogP contribution in [0.2, 0.25) is 5.02 Å². The van der Waals surface area contributed by atoms with Gasteiger partial charge >= 0.3 is 0 Å². The predicted octanol–water partition coefficient (Wildman–Crippen LogP) is 4.70. The Bertz CT molecular complexity index is 811. The minimum absolute atomic E-state index is 0.0211. The lowest BCUT2D eigenvalue weighted by molar-refractivity contribution is 0.896. The van der Waals surface area contributed by atoms with Gasteiger partial charge in [-0.2, -0.15) is 15.0 Å². The molecule has 0 aliphatic heterocycles. The van der Waals surface area contributed by atoms with Crippen molar-refractivity contribution >= 4 is 40.9 Å². The zero-order chi connectivity index (χ0) is 16.9. The highest BCUT2D eigenvalue weighted by Crippen LogP contribution is 2.34. The maximum Gasteiger partial charge on any atom is 0.232 e. The van der Waals surface area contributed by atoms with Crippen molar-refractivity contribution in [2.24, 2.45) is 0 Å². The normalized spacial score (nSPS) is 11.9. The fourth-order valence-electron chi connectivity index (χ4n) is 2.07. The van der Waals surface area contributed by atoms with Gasteiger partial charge in [0.2, 0.25) is 11.9 Å². The van der Waals surface area contributed by atoms with Crippen LogP contribution in [0, 0.1) is 0 Å². The molecular weight excluding hydrogens is 342 g/mol. The molecule has 7 heteroatoms. The van der Waals surface area contributed by atoms with E-state index in [-0.39, 0.29) is 11.2 Å². The lowest BCUT2D eigenvalue weighted by Crippen LogP contribution is -2.08. The summed E-state index contributed by atoms with van der Waals surface area (Å²) in [5.41, 5.74) is 6.73. The van der Waals surface area contributed by atoms with Crippen molar-refractivity contribution in [3.8, 4) is 0 Å². The first kappa shape index (κ1) is 16.5. The molecule has 0 amide bonds. The van der Waals surface area contributed by atoms with Gasteiger partial charge in [0.25, 0.3) is 0 Å². The highest BCUT2D eigenvalue weighted by Gasteiger charge is 2.14. The van der Waals surface area contributed by atoms with Crippen LogP contribution in [0.3, 0.4) is 0 Å². The van der Waals surface area contributed by atoms with Crippen molar-refractivity contribution in [1.82, 2.24) is 15.0 Å². The molecule has 2 aromatic carbocycles. The van der Waals surface area contributed by atoms with Crippen LogP contribution in [0.15, 0.2) is 59.5 Å². The molecule has 1 aromatic heterocycles. The molecule has 3 aromatic rings. The fourth-order valence-corrected chi connectivity index (χ4v) is 3.11. The van der Waals surface area contributed by atoms with Crippen molar-refractivity contribution < 1.29 is 0 Å². The summed E-state index contributed by atoms with van der Waals surface area (Å²) in [6, 6.07) is 17.4. The third-order valence-electron chi connectivity index (χ3n) is 3.19. The van der Waals surface area contributed by atoms with Crippen molar-refractivity contribution in [2.75, 3.05) is 11.1 Å². The van der Waals surface area contributed by atoms with Gasteiger partial charge in [-0.3, -0.25) is 0 Å². The number of hydrogen-bond acceptors (Lipinski definition) is 6. The quantitative estimate of drug-likeness (QED) is 0.644. The summed E-state index contributed by atoms with van der Waals surface area (Å²) < 4.78 is 0. The van der Waals surface area contributed by atoms with E-state index in [0.29, 0.717) is 16.8 Å². The summed E-state index contributed by atoms with van der Waals surface area (Å²) in [7, 11) is 0. The number of nitrogen functional groups attached to an aromatic ring is 1. The van der Waals surface area contributed by atoms with Gasteiger partial charge in [0.05, 0.1) is 5.25 Å². The van der Waals surface area contributed by atoms with E-state index >= 15 is 0 Å². The molecule has 24 heavy (non-hydrogen) atoms. The zero-order valence-electron chi connectivity index (χ0n) is 13.0. The average molecular weight is 358 g/mol. The van der Waals surface area contributed by atoms with E-state index in [1.165, 1.54) is 0 Å². The molecule has 0 spiro atoms. The van der Waals surface area contributed by atoms with Gasteiger partial charge in [-0.15, -0.1) is 11.8 Å². The average Bonchev–Trinajstić information content (AvgIpc) is 2.57. The molecule has 3 rings (SSSR count). The molecule has 0 bridgehead atoms. The molecule has 0 saturated heterocycles. The Kier molecular flexibility index (Phi) is 5.17. The number of halogens is 1. The Morgan fingerprint density at radius 3 is 2.42 bits per heavy atom. The topological polar surface area (TPSA) is 76.7 Å². The van der Waals surface area contributed by atoms with Crippen LogP contribution < -0.4 is 11.1 Å². The maximum absolute atomic E-state index is 5.92. The highest BCUT2D eigenvalue weighted by atomic mass is 35.5. The molecule has 1 heterocycles. The molecule has 0 aliphatic carbocycles. The molecule has 3 N–H and O–H groups in total. The fraction of sp³-hybridized carbons (Fsp3) is 0.118. The number of para-hydroxylation sites is 1. The Morgan fingerprint density at radius 2 is 1.71 bits per heavy atom. The van der Waals surface area contributed by atoms with Gasteiger partial charge < -0.3 is 11.1 Å². The number of nitrogens with two attached hydrogens (primary N) is 1. The van der Waals surface area contributed by atoms with Crippen LogP contribution >= 0.6 is 23.4 Å². The van der Waals surface area contributed by atoms with Gasteiger partial charge in [-0.05, 0) is 43.3 Å². The summed E-state index contributed by atoms with van der Waals surface area (Å²) in [6.45, 7) is 2.03. The van der Waals surface area contributed by atoms with Gasteiger partial charge in [0.15, 0.2) is 0 Å². The van der Waals surface area contributed by atoms with Crippen molar-refractivity contribution in [1.29, 1.82) is 0 Å². The maximum atomic E-state index is 5.92. The monoisotopic (exact) mass is 357 g/mol. The Hall–Kier alpha value is -2.31. The second-order valence-electron chi connectivity index (χ2n) is 5.08. The molecule has 1 atom stereocenters. The molecule has 0 fully saturated rings. The summed E-state index contributed by atoms with van der Waals surface area (Å²) in [6.07, 6.45) is 0. The summed E-state index contributed by atoms with van der Waals surface area (Å²) >= 11 is 7.55. The van der Waals surface area contributed by atoms with Crippen molar-refractivity contribution in [3.05, 3.63) is 65.4 Å². The van der Waals surface area contributed by atoms with Gasteiger partial charge in [0, 0.05) is 15.6 Å². The standard InChI is InChI=1S/C17H16ClN5S/c1-11(24-14-9-7-12(18)8-10-14)15-21-16(19)23-17(22-15)20-13-5-3-2-4-6-13/h2-11H,1H3,(H3,19,20,21,22,23). The van der Waals surface area contributed by atoms with E-state index in [1.807, 2.05) is 61.5 Å². The third kappa shape index (κ3) is 4.37. The first-order valence-corrected chi connectivity index (χ1v) is 8.61. The number of thioether (sulfide) groups is 1. The van der Waals surface area contributed by atoms with E-state index in [2.05, 4.69) is 20.3 Å². The molecule has 0 radical (unpaired) electrons. The SMILES string of the molecule is CC(Sc1ccc(Cl)cc1)c1nc(N)nc(Nc2ccccc2)n1. The van der Waals surface area contributed by atoms with E-state index in [9.17, 15) is 0 Å². The predicted molar refractivity (Wildman–Crippen MR) is 99.7 cm³/mol. The molecule has 0 saturated carbocycles. The van der Waals surface area contributed by atoms with Crippen LogP contribution in [0.1, 0.15) is 18.0 Å². The molecule has 5 nitrogen and oxygen atoms in total. The number of rotatable bonds is 5. The molecule has 1 unspecified atom stereocenters. The summed E-state index contributed by atoms with van der Waals surface area (Å²) in [5, 5.41) is 3.88. The van der Waals surface area contributed by atoms with E-state index < -0.39 is 0 Å². The lowest BCUT2D eigenvalue weighted by atomic mass is 10.3. The summed E-state index contributed by atoms with van der Waals surface area (Å²) in [4.78, 5) is 14.0. The molecule has 122 valence electrons. The Balaban J connectivity index is 1.78. The van der Waals surface area contributed by atoms with Crippen molar-refractivity contribution in [3.63, 3.8) is 0 Å². The second-order valence-corrected chi connectivity index (χ2v) is 6.93. The number of benzene rings is 2. The third-order valence-corrected chi connectivity index (χ3v) is 4.55. The van der Waals surface area contributed by atoms with Crippen LogP contribution in [0.25, 0.3) is 0 Å². The smallest absolute Gasteiger partial charge is 0.232 e. The van der Waals surface area contributed by atoms with E-state index in [0.717, 1.165) is 10.6 Å². The van der Waals surface area contributed by atoms with Gasteiger partial charge in [-0.25, -0.2) is 0 Å². The van der Waals surface area contributed by atoms with Gasteiger partial charge in [0.1, 0.15) is 5.82 Å². The number of hydrogen-bond donors (Lipinski definition) is 2.